The van der Waals surface area contributed by atoms with E-state index in [1.54, 1.807) is 0 Å². The van der Waals surface area contributed by atoms with Gasteiger partial charge in [0.05, 0.1) is 7.18 Å². The molecule has 0 spiro atoms. The van der Waals surface area contributed by atoms with Crippen molar-refractivity contribution >= 4 is 0 Å². The maximum atomic E-state index is 9.50. The van der Waals surface area contributed by atoms with Crippen LogP contribution in [0.25, 0.3) is 0 Å². The Kier molecular flexibility index (Phi) is 2570000. The van der Waals surface area contributed by atoms with Gasteiger partial charge in [-0.25, -0.2) is 0 Å². The Morgan fingerprint density at radius 3 is 0.357 bits per heavy atom. The van der Waals surface area contributed by atoms with E-state index < -0.39 is 0 Å². The fourth-order valence-corrected chi connectivity index (χ4v) is 0. The predicted molar refractivity (Wildman–Crippen MR) is 79.3 cm³/mol. The molecule has 0 aliphatic rings. The van der Waals surface area contributed by atoms with Crippen LogP contribution in [0.15, 0.2) is 0 Å². The molecule has 0 atom stereocenters. The number of hydrogen-bond donors (Lipinski definition) is 0. The zero-order valence-corrected chi connectivity index (χ0v) is 9.38. The van der Waals surface area contributed by atoms with Gasteiger partial charge in [-0.1, -0.05) is 85.1 Å². The first-order valence-corrected chi connectivity index (χ1v) is 4.38. The molecule has 0 aromatic heterocycles. The highest BCUT2D eigenvalue weighted by atomic mass is 19.1. The molecule has 0 aromatic rings. The fourth-order valence-electron chi connectivity index (χ4n) is 0. The van der Waals surface area contributed by atoms with E-state index in [4.69, 9.17) is 0 Å². The van der Waals surface area contributed by atoms with Crippen molar-refractivity contribution in [3.8, 4) is 0 Å². The molecule has 102 valence electrons. The van der Waals surface area contributed by atoms with Gasteiger partial charge in [-0.15, -0.1) is 0 Å². The molecule has 0 heterocycles. The van der Waals surface area contributed by atoms with Crippen molar-refractivity contribution in [3.63, 3.8) is 0 Å². The van der Waals surface area contributed by atoms with Gasteiger partial charge in [-0.2, -0.15) is 0 Å². The zero-order valence-electron chi connectivity index (χ0n) is 9.38. The van der Waals surface area contributed by atoms with Gasteiger partial charge in [0.2, 0.25) is 0 Å². The van der Waals surface area contributed by atoms with Gasteiger partial charge < -0.3 is 0 Å². The Balaban J connectivity index is -0.00000000298. The molecular formula is C13H43F. The van der Waals surface area contributed by atoms with E-state index >= 15 is 0 Å². The fraction of sp³-hybridized carbons (Fsp3) is 1.00. The molecule has 0 bridgehead atoms. The molecule has 1 heteroatoms. The molecule has 0 unspecified atom stereocenters. The van der Waals surface area contributed by atoms with Crippen molar-refractivity contribution in [1.82, 2.24) is 0 Å². The van der Waals surface area contributed by atoms with Crippen LogP contribution in [0.5, 0.6) is 0 Å². The lowest BCUT2D eigenvalue weighted by atomic mass is 11.0. The van der Waals surface area contributed by atoms with Gasteiger partial charge >= 0.3 is 0 Å². The van der Waals surface area contributed by atoms with Gasteiger partial charge in [-0.3, -0.25) is 4.39 Å². The molecule has 14 heavy (non-hydrogen) atoms. The van der Waals surface area contributed by atoms with Gasteiger partial charge in [0.25, 0.3) is 0 Å². The van der Waals surface area contributed by atoms with Gasteiger partial charge in [0.15, 0.2) is 0 Å². The SMILES string of the molecule is C.C.C.C.CC.CC.CC.CC.CF. The molecule has 0 aromatic carbocycles. The van der Waals surface area contributed by atoms with Crippen molar-refractivity contribution in [3.05, 3.63) is 0 Å². The summed E-state index contributed by atoms with van der Waals surface area (Å²) in [6.45, 7) is 16.0. The number of halogens is 1. The summed E-state index contributed by atoms with van der Waals surface area (Å²) in [7, 11) is 0.500. The molecule has 0 N–H and O–H groups in total. The lowest BCUT2D eigenvalue weighted by molar-refractivity contribution is 0.636. The molecule has 0 radical (unpaired) electrons. The van der Waals surface area contributed by atoms with Gasteiger partial charge in [-0.05, 0) is 0 Å². The molecule has 0 aliphatic carbocycles. The number of alkyl halides is 1. The Bertz CT molecular complexity index is 5.20. The third-order valence-electron chi connectivity index (χ3n) is 0. The maximum Gasteiger partial charge on any atom is 0.0785 e. The molecule has 0 fully saturated rings. The van der Waals surface area contributed by atoms with Crippen LogP contribution in [0.4, 0.5) is 4.39 Å². The Morgan fingerprint density at radius 2 is 0.357 bits per heavy atom. The summed E-state index contributed by atoms with van der Waals surface area (Å²) < 4.78 is 9.50. The Morgan fingerprint density at radius 1 is 0.357 bits per heavy atom. The predicted octanol–water partition coefficient (Wildman–Crippen LogP) is 7.23. The summed E-state index contributed by atoms with van der Waals surface area (Å²) >= 11 is 0. The van der Waals surface area contributed by atoms with E-state index in [2.05, 4.69) is 0 Å². The molecule has 0 saturated carbocycles. The Labute approximate surface area is 97.3 Å². The molecule has 0 rings (SSSR count). The minimum Gasteiger partial charge on any atom is -0.255 e. The highest BCUT2D eigenvalue weighted by Gasteiger charge is 0.939. The first kappa shape index (κ1) is 95.8. The zero-order chi connectivity index (χ0) is 10.0. The van der Waals surface area contributed by atoms with Crippen LogP contribution in [0.3, 0.4) is 0 Å². The smallest absolute Gasteiger partial charge is 0.0785 e. The first-order valence-electron chi connectivity index (χ1n) is 4.38. The second-order valence-corrected chi connectivity index (χ2v) is 0. The van der Waals surface area contributed by atoms with Crippen molar-refractivity contribution in [1.29, 1.82) is 0 Å². The molecule has 0 saturated heterocycles. The van der Waals surface area contributed by atoms with Crippen LogP contribution >= 0.6 is 0 Å². The molecule has 0 aliphatic heterocycles. The normalized spacial score (nSPS) is 2.14. The summed E-state index contributed by atoms with van der Waals surface area (Å²) in [4.78, 5) is 0. The van der Waals surface area contributed by atoms with Gasteiger partial charge in [0, 0.05) is 0 Å². The summed E-state index contributed by atoms with van der Waals surface area (Å²) in [5.41, 5.74) is 0. The number of hydrogen-bond acceptors (Lipinski definition) is 0. The highest BCUT2D eigenvalue weighted by molar-refractivity contribution is 3.51. The average Bonchev–Trinajstić information content (AvgIpc) is 2.20. The Hall–Kier alpha value is -0.0700. The minimum absolute atomic E-state index is 0. The van der Waals surface area contributed by atoms with Crippen molar-refractivity contribution < 1.29 is 4.39 Å². The second-order valence-electron chi connectivity index (χ2n) is 0. The average molecular weight is 218 g/mol. The second kappa shape index (κ2) is 376000. The molecular weight excluding hydrogens is 175 g/mol. The third-order valence-corrected chi connectivity index (χ3v) is 0. The molecule has 0 nitrogen and oxygen atoms in total. The van der Waals surface area contributed by atoms with E-state index in [9.17, 15) is 4.39 Å². The maximum absolute atomic E-state index is 9.50. The monoisotopic (exact) mass is 218 g/mol. The van der Waals surface area contributed by atoms with Crippen LogP contribution in [0.2, 0.25) is 0 Å². The summed E-state index contributed by atoms with van der Waals surface area (Å²) in [6.07, 6.45) is 0. The van der Waals surface area contributed by atoms with Crippen molar-refractivity contribution in [2.75, 3.05) is 7.18 Å². The lowest BCUT2D eigenvalue weighted by Gasteiger charge is -1.10. The quantitative estimate of drug-likeness (QED) is 0.402. The van der Waals surface area contributed by atoms with Gasteiger partial charge in [0.1, 0.15) is 0 Å². The van der Waals surface area contributed by atoms with E-state index in [0.29, 0.717) is 7.18 Å². The van der Waals surface area contributed by atoms with Crippen molar-refractivity contribution in [2.24, 2.45) is 0 Å². The topological polar surface area (TPSA) is 0 Å². The van der Waals surface area contributed by atoms with Crippen molar-refractivity contribution in [2.45, 2.75) is 85.1 Å². The van der Waals surface area contributed by atoms with E-state index in [1.165, 1.54) is 0 Å². The lowest BCUT2D eigenvalue weighted by Crippen LogP contribution is -0.939. The van der Waals surface area contributed by atoms with Crippen LogP contribution in [0.1, 0.15) is 85.1 Å². The largest absolute Gasteiger partial charge is 0.255 e. The minimum atomic E-state index is 0. The van der Waals surface area contributed by atoms with Crippen LogP contribution in [-0.2, 0) is 0 Å². The third kappa shape index (κ3) is 291000. The van der Waals surface area contributed by atoms with Crippen LogP contribution in [0, 0.1) is 0 Å². The first-order chi connectivity index (χ1) is 5.00. The molecule has 0 amide bonds. The van der Waals surface area contributed by atoms with Crippen LogP contribution in [-0.4, -0.2) is 7.18 Å². The standard InChI is InChI=1S/4C2H6.CH3F.4CH4/c5*1-2;;;;/h4*1-2H3;1H3;4*1H4. The summed E-state index contributed by atoms with van der Waals surface area (Å²) in [5.74, 6) is 0. The number of rotatable bonds is 0. The summed E-state index contributed by atoms with van der Waals surface area (Å²) in [6, 6.07) is 0. The highest BCUT2D eigenvalue weighted by Crippen LogP contribution is 1.16. The summed E-state index contributed by atoms with van der Waals surface area (Å²) in [5, 5.41) is 0. The van der Waals surface area contributed by atoms with E-state index in [1.807, 2.05) is 55.4 Å². The van der Waals surface area contributed by atoms with Crippen LogP contribution < -0.4 is 0 Å². The van der Waals surface area contributed by atoms with E-state index in [0.717, 1.165) is 0 Å². The van der Waals surface area contributed by atoms with E-state index in [-0.39, 0.29) is 29.7 Å².